The Morgan fingerprint density at radius 2 is 2.00 bits per heavy atom. The maximum absolute atomic E-state index is 4.61. The molecule has 0 aliphatic rings. The predicted molar refractivity (Wildman–Crippen MR) is 87.8 cm³/mol. The number of anilines is 3. The van der Waals surface area contributed by atoms with Gasteiger partial charge in [0, 0.05) is 25.0 Å². The maximum Gasteiger partial charge on any atom is 0.224 e. The van der Waals surface area contributed by atoms with Crippen LogP contribution in [0.2, 0.25) is 0 Å². The number of rotatable bonds is 5. The van der Waals surface area contributed by atoms with Crippen LogP contribution in [-0.2, 0) is 0 Å². The number of hydrogen-bond donors (Lipinski definition) is 1. The summed E-state index contributed by atoms with van der Waals surface area (Å²) < 4.78 is 0.893. The van der Waals surface area contributed by atoms with Crippen molar-refractivity contribution in [1.29, 1.82) is 0 Å². The lowest BCUT2D eigenvalue weighted by Crippen LogP contribution is -2.20. The Morgan fingerprint density at radius 1 is 1.25 bits per heavy atom. The molecule has 0 atom stereocenters. The largest absolute Gasteiger partial charge is 0.354 e. The highest BCUT2D eigenvalue weighted by molar-refractivity contribution is 9.10. The average molecular weight is 335 g/mol. The van der Waals surface area contributed by atoms with Gasteiger partial charge in [0.25, 0.3) is 0 Å². The summed E-state index contributed by atoms with van der Waals surface area (Å²) in [5.41, 5.74) is 2.39. The van der Waals surface area contributed by atoms with Crippen LogP contribution >= 0.6 is 15.9 Å². The Balaban J connectivity index is 2.46. The molecule has 0 radical (unpaired) electrons. The SMILES string of the molecule is CCNc1ncc(Br)c(N(CC)c2ccccc2C)n1. The van der Waals surface area contributed by atoms with Crippen molar-refractivity contribution in [3.8, 4) is 0 Å². The molecule has 0 amide bonds. The van der Waals surface area contributed by atoms with Gasteiger partial charge in [-0.3, -0.25) is 0 Å². The lowest BCUT2D eigenvalue weighted by atomic mass is 10.2. The van der Waals surface area contributed by atoms with Gasteiger partial charge in [-0.25, -0.2) is 4.98 Å². The zero-order valence-corrected chi connectivity index (χ0v) is 13.6. The van der Waals surface area contributed by atoms with E-state index in [4.69, 9.17) is 0 Å². The summed E-state index contributed by atoms with van der Waals surface area (Å²) in [4.78, 5) is 11.1. The minimum Gasteiger partial charge on any atom is -0.354 e. The molecular weight excluding hydrogens is 316 g/mol. The molecule has 0 saturated heterocycles. The van der Waals surface area contributed by atoms with Crippen molar-refractivity contribution < 1.29 is 0 Å². The number of aromatic nitrogens is 2. The second kappa shape index (κ2) is 6.70. The van der Waals surface area contributed by atoms with E-state index in [2.05, 4.69) is 62.1 Å². The Morgan fingerprint density at radius 3 is 2.65 bits per heavy atom. The van der Waals surface area contributed by atoms with Gasteiger partial charge < -0.3 is 10.2 Å². The van der Waals surface area contributed by atoms with Crippen LogP contribution in [0.3, 0.4) is 0 Å². The standard InChI is InChI=1S/C15H19BrN4/c1-4-17-15-18-10-12(16)14(19-15)20(5-2)13-9-7-6-8-11(13)3/h6-10H,4-5H2,1-3H3,(H,17,18,19). The van der Waals surface area contributed by atoms with Gasteiger partial charge in [0.15, 0.2) is 5.82 Å². The Bertz CT molecular complexity index is 586. The zero-order chi connectivity index (χ0) is 14.5. The highest BCUT2D eigenvalue weighted by atomic mass is 79.9. The molecule has 1 N–H and O–H groups in total. The van der Waals surface area contributed by atoms with E-state index in [1.807, 2.05) is 19.1 Å². The molecule has 0 aliphatic carbocycles. The molecule has 0 spiro atoms. The van der Waals surface area contributed by atoms with E-state index >= 15 is 0 Å². The van der Waals surface area contributed by atoms with Crippen LogP contribution in [0.4, 0.5) is 17.5 Å². The molecule has 0 fully saturated rings. The van der Waals surface area contributed by atoms with E-state index < -0.39 is 0 Å². The van der Waals surface area contributed by atoms with Crippen molar-refractivity contribution in [2.24, 2.45) is 0 Å². The minimum absolute atomic E-state index is 0.651. The normalized spacial score (nSPS) is 10.4. The zero-order valence-electron chi connectivity index (χ0n) is 12.0. The van der Waals surface area contributed by atoms with Crippen molar-refractivity contribution in [2.75, 3.05) is 23.3 Å². The first kappa shape index (κ1) is 14.8. The molecule has 106 valence electrons. The van der Waals surface area contributed by atoms with E-state index in [0.29, 0.717) is 5.95 Å². The first-order valence-corrected chi connectivity index (χ1v) is 7.56. The van der Waals surface area contributed by atoms with E-state index in [1.165, 1.54) is 5.56 Å². The smallest absolute Gasteiger partial charge is 0.224 e. The van der Waals surface area contributed by atoms with Crippen molar-refractivity contribution >= 4 is 33.4 Å². The molecule has 2 rings (SSSR count). The summed E-state index contributed by atoms with van der Waals surface area (Å²) in [6, 6.07) is 8.32. The molecule has 1 aromatic heterocycles. The summed E-state index contributed by atoms with van der Waals surface area (Å²) >= 11 is 3.55. The van der Waals surface area contributed by atoms with Gasteiger partial charge in [-0.1, -0.05) is 18.2 Å². The number of benzene rings is 1. The van der Waals surface area contributed by atoms with Crippen LogP contribution in [0.1, 0.15) is 19.4 Å². The van der Waals surface area contributed by atoms with Crippen molar-refractivity contribution in [3.63, 3.8) is 0 Å². The molecule has 2 aromatic rings. The quantitative estimate of drug-likeness (QED) is 0.892. The van der Waals surface area contributed by atoms with Crippen LogP contribution in [0, 0.1) is 6.92 Å². The van der Waals surface area contributed by atoms with Gasteiger partial charge in [-0.15, -0.1) is 0 Å². The molecule has 20 heavy (non-hydrogen) atoms. The summed E-state index contributed by atoms with van der Waals surface area (Å²) in [7, 11) is 0. The van der Waals surface area contributed by atoms with Crippen molar-refractivity contribution in [3.05, 3.63) is 40.5 Å². The molecule has 5 heteroatoms. The topological polar surface area (TPSA) is 41.1 Å². The van der Waals surface area contributed by atoms with Gasteiger partial charge in [0.1, 0.15) is 0 Å². The lowest BCUT2D eigenvalue weighted by molar-refractivity contribution is 0.959. The fourth-order valence-corrected chi connectivity index (χ4v) is 2.50. The summed E-state index contributed by atoms with van der Waals surface area (Å²) in [6.07, 6.45) is 1.79. The van der Waals surface area contributed by atoms with Gasteiger partial charge in [0.05, 0.1) is 4.47 Å². The number of aryl methyl sites for hydroxylation is 1. The average Bonchev–Trinajstić information content (AvgIpc) is 2.45. The Hall–Kier alpha value is -1.62. The summed E-state index contributed by atoms with van der Waals surface area (Å²) in [5, 5.41) is 3.15. The first-order chi connectivity index (χ1) is 9.67. The number of para-hydroxylation sites is 1. The number of nitrogens with one attached hydrogen (secondary N) is 1. The fourth-order valence-electron chi connectivity index (χ4n) is 2.09. The van der Waals surface area contributed by atoms with E-state index in [0.717, 1.165) is 29.1 Å². The van der Waals surface area contributed by atoms with Crippen LogP contribution < -0.4 is 10.2 Å². The third kappa shape index (κ3) is 3.10. The Kier molecular flexibility index (Phi) is 4.95. The van der Waals surface area contributed by atoms with Crippen LogP contribution in [0.5, 0.6) is 0 Å². The fraction of sp³-hybridized carbons (Fsp3) is 0.333. The summed E-state index contributed by atoms with van der Waals surface area (Å²) in [6.45, 7) is 7.90. The van der Waals surface area contributed by atoms with Crippen LogP contribution in [-0.4, -0.2) is 23.1 Å². The van der Waals surface area contributed by atoms with Crippen LogP contribution in [0.25, 0.3) is 0 Å². The molecule has 1 aromatic carbocycles. The molecule has 0 saturated carbocycles. The van der Waals surface area contributed by atoms with Gasteiger partial charge >= 0.3 is 0 Å². The lowest BCUT2D eigenvalue weighted by Gasteiger charge is -2.25. The molecular formula is C15H19BrN4. The summed E-state index contributed by atoms with van der Waals surface area (Å²) in [5.74, 6) is 1.53. The number of hydrogen-bond acceptors (Lipinski definition) is 4. The molecule has 1 heterocycles. The van der Waals surface area contributed by atoms with Gasteiger partial charge in [-0.05, 0) is 48.3 Å². The molecule has 4 nitrogen and oxygen atoms in total. The predicted octanol–water partition coefficient (Wildman–Crippen LogP) is 4.14. The van der Waals surface area contributed by atoms with Crippen molar-refractivity contribution in [1.82, 2.24) is 9.97 Å². The third-order valence-electron chi connectivity index (χ3n) is 3.04. The number of halogens is 1. The molecule has 0 unspecified atom stereocenters. The second-order valence-corrected chi connectivity index (χ2v) is 5.28. The van der Waals surface area contributed by atoms with Gasteiger partial charge in [-0.2, -0.15) is 4.98 Å². The van der Waals surface area contributed by atoms with Crippen molar-refractivity contribution in [2.45, 2.75) is 20.8 Å². The molecule has 0 aliphatic heterocycles. The second-order valence-electron chi connectivity index (χ2n) is 4.43. The van der Waals surface area contributed by atoms with Crippen LogP contribution in [0.15, 0.2) is 34.9 Å². The van der Waals surface area contributed by atoms with E-state index in [-0.39, 0.29) is 0 Å². The van der Waals surface area contributed by atoms with E-state index in [9.17, 15) is 0 Å². The highest BCUT2D eigenvalue weighted by Gasteiger charge is 2.15. The first-order valence-electron chi connectivity index (χ1n) is 6.77. The van der Waals surface area contributed by atoms with E-state index in [1.54, 1.807) is 6.20 Å². The Labute approximate surface area is 128 Å². The number of nitrogens with zero attached hydrogens (tertiary/aromatic N) is 3. The molecule has 0 bridgehead atoms. The third-order valence-corrected chi connectivity index (χ3v) is 3.60. The maximum atomic E-state index is 4.61. The van der Waals surface area contributed by atoms with Gasteiger partial charge in [0.2, 0.25) is 5.95 Å². The minimum atomic E-state index is 0.651. The highest BCUT2D eigenvalue weighted by Crippen LogP contribution is 2.32. The monoisotopic (exact) mass is 334 g/mol.